The topological polar surface area (TPSA) is 64.5 Å². The summed E-state index contributed by atoms with van der Waals surface area (Å²) in [6, 6.07) is 5.58. The van der Waals surface area contributed by atoms with Crippen molar-refractivity contribution in [3.63, 3.8) is 0 Å². The summed E-state index contributed by atoms with van der Waals surface area (Å²) in [5.74, 6) is 1.39. The number of oxazole rings is 1. The minimum absolute atomic E-state index is 0.619. The van der Waals surface area contributed by atoms with Gasteiger partial charge in [-0.3, -0.25) is 4.90 Å². The van der Waals surface area contributed by atoms with Crippen molar-refractivity contribution in [2.75, 3.05) is 32.5 Å². The van der Waals surface area contributed by atoms with Gasteiger partial charge in [0.25, 0.3) is 0 Å². The van der Waals surface area contributed by atoms with Crippen LogP contribution in [0, 0.1) is 5.92 Å². The number of rotatable bonds is 4. The predicted molar refractivity (Wildman–Crippen MR) is 78.3 cm³/mol. The minimum atomic E-state index is 0.619. The lowest BCUT2D eigenvalue weighted by Crippen LogP contribution is -2.36. The summed E-state index contributed by atoms with van der Waals surface area (Å²) < 4.78 is 11.0. The van der Waals surface area contributed by atoms with E-state index < -0.39 is 0 Å². The first-order chi connectivity index (χ1) is 9.74. The number of anilines is 1. The van der Waals surface area contributed by atoms with Gasteiger partial charge in [-0.05, 0) is 37.4 Å². The van der Waals surface area contributed by atoms with Gasteiger partial charge in [-0.15, -0.1) is 0 Å². The molecule has 0 bridgehead atoms. The van der Waals surface area contributed by atoms with Crippen LogP contribution in [0.2, 0.25) is 0 Å². The van der Waals surface area contributed by atoms with Gasteiger partial charge >= 0.3 is 0 Å². The number of benzene rings is 1. The van der Waals surface area contributed by atoms with E-state index in [9.17, 15) is 0 Å². The number of aromatic nitrogens is 1. The highest BCUT2D eigenvalue weighted by molar-refractivity contribution is 5.76. The molecular formula is C15H21N3O2. The number of ether oxygens (including phenoxy) is 1. The van der Waals surface area contributed by atoms with Gasteiger partial charge in [0.15, 0.2) is 5.58 Å². The standard InChI is InChI=1S/C15H21N3O2/c1-19-10-11-3-2-6-18(8-11)9-15-17-13-5-4-12(16)7-14(13)20-15/h4-5,7,11H,2-3,6,8-10,16H2,1H3. The Kier molecular flexibility index (Phi) is 3.89. The molecule has 1 saturated heterocycles. The number of piperidine rings is 1. The molecule has 0 radical (unpaired) electrons. The van der Waals surface area contributed by atoms with E-state index >= 15 is 0 Å². The molecule has 0 saturated carbocycles. The van der Waals surface area contributed by atoms with Crippen LogP contribution in [0.4, 0.5) is 5.69 Å². The fraction of sp³-hybridized carbons (Fsp3) is 0.533. The molecule has 1 aliphatic heterocycles. The van der Waals surface area contributed by atoms with Crippen LogP contribution in [0.3, 0.4) is 0 Å². The van der Waals surface area contributed by atoms with Gasteiger partial charge in [-0.25, -0.2) is 4.98 Å². The van der Waals surface area contributed by atoms with Crippen molar-refractivity contribution in [3.05, 3.63) is 24.1 Å². The Labute approximate surface area is 118 Å². The van der Waals surface area contributed by atoms with Crippen LogP contribution < -0.4 is 5.73 Å². The van der Waals surface area contributed by atoms with Gasteiger partial charge in [-0.2, -0.15) is 0 Å². The Bertz CT molecular complexity index is 580. The second-order valence-electron chi connectivity index (χ2n) is 5.53. The molecule has 5 heteroatoms. The quantitative estimate of drug-likeness (QED) is 0.867. The molecule has 1 aromatic heterocycles. The van der Waals surface area contributed by atoms with Crippen molar-refractivity contribution in [2.24, 2.45) is 5.92 Å². The highest BCUT2D eigenvalue weighted by Gasteiger charge is 2.21. The van der Waals surface area contributed by atoms with Crippen LogP contribution in [0.15, 0.2) is 22.6 Å². The highest BCUT2D eigenvalue weighted by atomic mass is 16.5. The molecule has 0 amide bonds. The lowest BCUT2D eigenvalue weighted by Gasteiger charge is -2.31. The summed E-state index contributed by atoms with van der Waals surface area (Å²) in [5, 5.41) is 0. The molecule has 5 nitrogen and oxygen atoms in total. The van der Waals surface area contributed by atoms with Crippen molar-refractivity contribution < 1.29 is 9.15 Å². The molecule has 1 atom stereocenters. The minimum Gasteiger partial charge on any atom is -0.439 e. The molecule has 2 N–H and O–H groups in total. The second kappa shape index (κ2) is 5.81. The van der Waals surface area contributed by atoms with Gasteiger partial charge in [0.2, 0.25) is 5.89 Å². The largest absolute Gasteiger partial charge is 0.439 e. The van der Waals surface area contributed by atoms with Crippen LogP contribution >= 0.6 is 0 Å². The maximum absolute atomic E-state index is 5.78. The molecule has 20 heavy (non-hydrogen) atoms. The van der Waals surface area contributed by atoms with E-state index in [2.05, 4.69) is 9.88 Å². The summed E-state index contributed by atoms with van der Waals surface area (Å²) >= 11 is 0. The average molecular weight is 275 g/mol. The third-order valence-corrected chi connectivity index (χ3v) is 3.82. The molecule has 1 unspecified atom stereocenters. The number of nitrogen functional groups attached to an aromatic ring is 1. The molecule has 0 aliphatic carbocycles. The van der Waals surface area contributed by atoms with E-state index in [1.54, 1.807) is 7.11 Å². The van der Waals surface area contributed by atoms with Crippen LogP contribution in [0.25, 0.3) is 11.1 Å². The molecular weight excluding hydrogens is 254 g/mol. The number of nitrogens with two attached hydrogens (primary N) is 1. The molecule has 2 aromatic rings. The normalized spacial score (nSPS) is 20.6. The smallest absolute Gasteiger partial charge is 0.209 e. The molecule has 108 valence electrons. The summed E-state index contributed by atoms with van der Waals surface area (Å²) in [5.41, 5.74) is 8.11. The number of hydrogen-bond donors (Lipinski definition) is 1. The van der Waals surface area contributed by atoms with E-state index in [0.29, 0.717) is 11.6 Å². The lowest BCUT2D eigenvalue weighted by atomic mass is 9.99. The van der Waals surface area contributed by atoms with Crippen molar-refractivity contribution in [1.29, 1.82) is 0 Å². The van der Waals surface area contributed by atoms with E-state index in [1.165, 1.54) is 12.8 Å². The Morgan fingerprint density at radius 3 is 3.25 bits per heavy atom. The number of fused-ring (bicyclic) bond motifs is 1. The Hall–Kier alpha value is -1.59. The first-order valence-corrected chi connectivity index (χ1v) is 7.11. The summed E-state index contributed by atoms with van der Waals surface area (Å²) in [6.07, 6.45) is 2.45. The zero-order valence-corrected chi connectivity index (χ0v) is 11.8. The van der Waals surface area contributed by atoms with Gasteiger partial charge in [0.1, 0.15) is 5.52 Å². The van der Waals surface area contributed by atoms with Crippen LogP contribution in [0.1, 0.15) is 18.7 Å². The molecule has 1 fully saturated rings. The highest BCUT2D eigenvalue weighted by Crippen LogP contribution is 2.22. The number of nitrogens with zero attached hydrogens (tertiary/aromatic N) is 2. The summed E-state index contributed by atoms with van der Waals surface area (Å²) in [4.78, 5) is 6.91. The van der Waals surface area contributed by atoms with E-state index in [1.807, 2.05) is 18.2 Å². The fourth-order valence-corrected chi connectivity index (χ4v) is 2.91. The van der Waals surface area contributed by atoms with Gasteiger partial charge in [0, 0.05) is 25.4 Å². The Balaban J connectivity index is 1.69. The van der Waals surface area contributed by atoms with Gasteiger partial charge in [-0.1, -0.05) is 0 Å². The third-order valence-electron chi connectivity index (χ3n) is 3.82. The molecule has 1 aromatic carbocycles. The summed E-state index contributed by atoms with van der Waals surface area (Å²) in [6.45, 7) is 3.74. The maximum Gasteiger partial charge on any atom is 0.209 e. The van der Waals surface area contributed by atoms with Gasteiger partial charge < -0.3 is 14.9 Å². The first kappa shape index (κ1) is 13.4. The van der Waals surface area contributed by atoms with Crippen LogP contribution in [0.5, 0.6) is 0 Å². The van der Waals surface area contributed by atoms with Crippen molar-refractivity contribution in [2.45, 2.75) is 19.4 Å². The fourth-order valence-electron chi connectivity index (χ4n) is 2.91. The van der Waals surface area contributed by atoms with Crippen LogP contribution in [-0.2, 0) is 11.3 Å². The number of likely N-dealkylation sites (tertiary alicyclic amines) is 1. The lowest BCUT2D eigenvalue weighted by molar-refractivity contribution is 0.0835. The average Bonchev–Trinajstić information content (AvgIpc) is 2.81. The molecule has 3 rings (SSSR count). The zero-order chi connectivity index (χ0) is 13.9. The first-order valence-electron chi connectivity index (χ1n) is 7.11. The van der Waals surface area contributed by atoms with Crippen molar-refractivity contribution in [1.82, 2.24) is 9.88 Å². The zero-order valence-electron chi connectivity index (χ0n) is 11.8. The van der Waals surface area contributed by atoms with E-state index in [-0.39, 0.29) is 0 Å². The second-order valence-corrected chi connectivity index (χ2v) is 5.53. The molecule has 2 heterocycles. The number of methoxy groups -OCH3 is 1. The van der Waals surface area contributed by atoms with Gasteiger partial charge in [0.05, 0.1) is 13.2 Å². The predicted octanol–water partition coefficient (Wildman–Crippen LogP) is 2.27. The number of hydrogen-bond acceptors (Lipinski definition) is 5. The third kappa shape index (κ3) is 2.94. The van der Waals surface area contributed by atoms with E-state index in [4.69, 9.17) is 14.9 Å². The molecule has 0 spiro atoms. The SMILES string of the molecule is COCC1CCCN(Cc2nc3ccc(N)cc3o2)C1. The summed E-state index contributed by atoms with van der Waals surface area (Å²) in [7, 11) is 1.77. The van der Waals surface area contributed by atoms with Crippen molar-refractivity contribution >= 4 is 16.8 Å². The monoisotopic (exact) mass is 275 g/mol. The molecule has 1 aliphatic rings. The van der Waals surface area contributed by atoms with Crippen LogP contribution in [-0.4, -0.2) is 36.7 Å². The van der Waals surface area contributed by atoms with E-state index in [0.717, 1.165) is 43.2 Å². The Morgan fingerprint density at radius 2 is 2.40 bits per heavy atom. The maximum atomic E-state index is 5.78. The Morgan fingerprint density at radius 1 is 1.50 bits per heavy atom. The van der Waals surface area contributed by atoms with Crippen molar-refractivity contribution in [3.8, 4) is 0 Å².